The molecule has 118 valence electrons. The highest BCUT2D eigenvalue weighted by atomic mass is 19.4. The Morgan fingerprint density at radius 1 is 1.19 bits per heavy atom. The second-order valence-electron chi connectivity index (χ2n) is 6.37. The van der Waals surface area contributed by atoms with Crippen LogP contribution in [-0.2, 0) is 11.8 Å². The molecule has 0 aromatic heterocycles. The number of ether oxygens (including phenoxy) is 1. The van der Waals surface area contributed by atoms with Gasteiger partial charge in [0, 0.05) is 17.5 Å². The molecule has 0 amide bonds. The maximum atomic E-state index is 13.7. The maximum absolute atomic E-state index is 13.7. The van der Waals surface area contributed by atoms with Crippen molar-refractivity contribution < 1.29 is 27.4 Å². The van der Waals surface area contributed by atoms with Gasteiger partial charge in [0.1, 0.15) is 11.6 Å². The van der Waals surface area contributed by atoms with Crippen molar-refractivity contribution >= 4 is 0 Å². The molecule has 1 aromatic rings. The zero-order chi connectivity index (χ0) is 16.1. The maximum Gasteiger partial charge on any atom is 0.416 e. The molecule has 1 N–H and O–H groups in total. The van der Waals surface area contributed by atoms with Crippen LogP contribution >= 0.6 is 0 Å². The second kappa shape index (κ2) is 4.87. The van der Waals surface area contributed by atoms with Crippen LogP contribution < -0.4 is 4.74 Å². The van der Waals surface area contributed by atoms with Gasteiger partial charge in [0.15, 0.2) is 5.60 Å². The minimum atomic E-state index is -4.75. The van der Waals surface area contributed by atoms with Crippen LogP contribution in [0.25, 0.3) is 0 Å². The number of hydrogen-bond acceptors (Lipinski definition) is 2. The molecule has 1 aromatic carbocycles. The summed E-state index contributed by atoms with van der Waals surface area (Å²) >= 11 is 0. The van der Waals surface area contributed by atoms with E-state index in [0.717, 1.165) is 6.92 Å². The predicted molar refractivity (Wildman–Crippen MR) is 69.9 cm³/mol. The Labute approximate surface area is 120 Å². The Balaban J connectivity index is 2.41. The van der Waals surface area contributed by atoms with Crippen molar-refractivity contribution in [1.82, 2.24) is 0 Å². The Hall–Kier alpha value is -1.30. The highest BCUT2D eigenvalue weighted by molar-refractivity contribution is 5.48. The van der Waals surface area contributed by atoms with Gasteiger partial charge in [-0.1, -0.05) is 13.8 Å². The summed E-state index contributed by atoms with van der Waals surface area (Å²) in [7, 11) is 0. The molecule has 6 heteroatoms. The summed E-state index contributed by atoms with van der Waals surface area (Å²) in [6.45, 7) is 4.21. The molecule has 0 saturated carbocycles. The van der Waals surface area contributed by atoms with Crippen molar-refractivity contribution in [3.63, 3.8) is 0 Å². The van der Waals surface area contributed by atoms with Gasteiger partial charge in [0.05, 0.1) is 6.61 Å². The molecule has 0 aliphatic carbocycles. The predicted octanol–water partition coefficient (Wildman–Crippen LogP) is 3.74. The van der Waals surface area contributed by atoms with Crippen molar-refractivity contribution in [1.29, 1.82) is 0 Å². The Morgan fingerprint density at radius 3 is 2.38 bits per heavy atom. The molecule has 0 saturated heterocycles. The largest absolute Gasteiger partial charge is 0.493 e. The van der Waals surface area contributed by atoms with Gasteiger partial charge < -0.3 is 9.84 Å². The van der Waals surface area contributed by atoms with E-state index in [-0.39, 0.29) is 0 Å². The van der Waals surface area contributed by atoms with Gasteiger partial charge >= 0.3 is 6.18 Å². The van der Waals surface area contributed by atoms with E-state index >= 15 is 0 Å². The van der Waals surface area contributed by atoms with Crippen LogP contribution in [0.1, 0.15) is 38.3 Å². The molecule has 1 atom stereocenters. The lowest BCUT2D eigenvalue weighted by molar-refractivity contribution is -0.259. The van der Waals surface area contributed by atoms with E-state index in [1.807, 2.05) is 0 Å². The van der Waals surface area contributed by atoms with Crippen molar-refractivity contribution in [2.24, 2.45) is 0 Å². The minimum absolute atomic E-state index is 0.361. The summed E-state index contributed by atoms with van der Waals surface area (Å²) in [5.74, 6) is -0.0617. The normalized spacial score (nSPS) is 18.1. The van der Waals surface area contributed by atoms with Crippen LogP contribution in [0.2, 0.25) is 0 Å². The molecule has 1 aliphatic heterocycles. The van der Waals surface area contributed by atoms with Crippen LogP contribution in [-0.4, -0.2) is 23.5 Å². The molecule has 0 spiro atoms. The van der Waals surface area contributed by atoms with Gasteiger partial charge in [-0.05, 0) is 30.9 Å². The molecule has 0 bridgehead atoms. The zero-order valence-electron chi connectivity index (χ0n) is 12.1. The van der Waals surface area contributed by atoms with Crippen LogP contribution in [0.4, 0.5) is 17.6 Å². The number of rotatable bonds is 3. The summed E-state index contributed by atoms with van der Waals surface area (Å²) < 4.78 is 57.8. The highest BCUT2D eigenvalue weighted by Gasteiger charge is 2.52. The third-order valence-corrected chi connectivity index (χ3v) is 3.87. The van der Waals surface area contributed by atoms with Crippen LogP contribution in [0.15, 0.2) is 12.1 Å². The number of benzene rings is 1. The molecular weight excluding hydrogens is 288 g/mol. The second-order valence-corrected chi connectivity index (χ2v) is 6.37. The van der Waals surface area contributed by atoms with Crippen molar-refractivity contribution in [2.75, 3.05) is 6.61 Å². The first-order valence-electron chi connectivity index (χ1n) is 6.69. The zero-order valence-corrected chi connectivity index (χ0v) is 12.1. The van der Waals surface area contributed by atoms with E-state index in [1.165, 1.54) is 12.1 Å². The molecular formula is C15H18F4O2. The smallest absolute Gasteiger partial charge is 0.416 e. The van der Waals surface area contributed by atoms with Gasteiger partial charge in [-0.15, -0.1) is 0 Å². The Bertz CT molecular complexity index is 547. The fourth-order valence-corrected chi connectivity index (χ4v) is 2.83. The average molecular weight is 306 g/mol. The number of fused-ring (bicyclic) bond motifs is 1. The van der Waals surface area contributed by atoms with E-state index in [2.05, 4.69) is 0 Å². The first kappa shape index (κ1) is 16.1. The number of halogens is 4. The molecule has 1 unspecified atom stereocenters. The number of alkyl halides is 3. The summed E-state index contributed by atoms with van der Waals surface area (Å²) in [5, 5.41) is 9.71. The summed E-state index contributed by atoms with van der Waals surface area (Å²) in [4.78, 5) is 0. The summed E-state index contributed by atoms with van der Waals surface area (Å²) in [6, 6.07) is 2.53. The summed E-state index contributed by atoms with van der Waals surface area (Å²) in [6.07, 6.45) is -4.80. The lowest BCUT2D eigenvalue weighted by Gasteiger charge is -2.36. The SMILES string of the molecule is CC(C)(CC(C)(O)C(F)(F)F)c1cc(F)cc2c1OCC2. The first-order valence-corrected chi connectivity index (χ1v) is 6.69. The quantitative estimate of drug-likeness (QED) is 0.862. The van der Waals surface area contributed by atoms with Gasteiger partial charge in [-0.2, -0.15) is 13.2 Å². The van der Waals surface area contributed by atoms with Crippen LogP contribution in [0.5, 0.6) is 5.75 Å². The first-order chi connectivity index (χ1) is 9.44. The third-order valence-electron chi connectivity index (χ3n) is 3.87. The van der Waals surface area contributed by atoms with Crippen molar-refractivity contribution in [3.8, 4) is 5.75 Å². The van der Waals surface area contributed by atoms with E-state index < -0.39 is 29.4 Å². The van der Waals surface area contributed by atoms with Gasteiger partial charge in [-0.25, -0.2) is 4.39 Å². The van der Waals surface area contributed by atoms with E-state index in [9.17, 15) is 22.7 Å². The van der Waals surface area contributed by atoms with Crippen LogP contribution in [0, 0.1) is 5.82 Å². The minimum Gasteiger partial charge on any atom is -0.493 e. The van der Waals surface area contributed by atoms with Gasteiger partial charge in [-0.3, -0.25) is 0 Å². The Morgan fingerprint density at radius 2 is 1.81 bits per heavy atom. The molecule has 2 rings (SSSR count). The molecule has 1 heterocycles. The monoisotopic (exact) mass is 306 g/mol. The van der Waals surface area contributed by atoms with E-state index in [0.29, 0.717) is 29.9 Å². The lowest BCUT2D eigenvalue weighted by atomic mass is 9.74. The van der Waals surface area contributed by atoms with Crippen molar-refractivity contribution in [2.45, 2.75) is 50.8 Å². The van der Waals surface area contributed by atoms with Gasteiger partial charge in [0.25, 0.3) is 0 Å². The van der Waals surface area contributed by atoms with Gasteiger partial charge in [0.2, 0.25) is 0 Å². The van der Waals surface area contributed by atoms with Crippen LogP contribution in [0.3, 0.4) is 0 Å². The lowest BCUT2D eigenvalue weighted by Crippen LogP contribution is -2.46. The molecule has 1 aliphatic rings. The number of hydrogen-bond donors (Lipinski definition) is 1. The molecule has 21 heavy (non-hydrogen) atoms. The summed E-state index contributed by atoms with van der Waals surface area (Å²) in [5.41, 5.74) is -2.92. The highest BCUT2D eigenvalue weighted by Crippen LogP contribution is 2.45. The van der Waals surface area contributed by atoms with Crippen molar-refractivity contribution in [3.05, 3.63) is 29.1 Å². The number of aliphatic hydroxyl groups is 1. The molecule has 0 radical (unpaired) electrons. The fourth-order valence-electron chi connectivity index (χ4n) is 2.83. The Kier molecular flexibility index (Phi) is 3.72. The third kappa shape index (κ3) is 3.00. The van der Waals surface area contributed by atoms with E-state index in [4.69, 9.17) is 4.74 Å². The van der Waals surface area contributed by atoms with E-state index in [1.54, 1.807) is 13.8 Å². The standard InChI is InChI=1S/C15H18F4O2/c1-13(2,8-14(3,20)15(17,18)19)11-7-10(16)6-9-4-5-21-12(9)11/h6-7,20H,4-5,8H2,1-3H3. The average Bonchev–Trinajstić information content (AvgIpc) is 2.72. The topological polar surface area (TPSA) is 29.5 Å². The molecule has 2 nitrogen and oxygen atoms in total. The fraction of sp³-hybridized carbons (Fsp3) is 0.600. The molecule has 0 fully saturated rings.